The molecule has 7 heteroatoms. The maximum absolute atomic E-state index is 13.5. The van der Waals surface area contributed by atoms with E-state index in [-0.39, 0.29) is 23.6 Å². The van der Waals surface area contributed by atoms with Gasteiger partial charge in [0, 0.05) is 54.9 Å². The van der Waals surface area contributed by atoms with Gasteiger partial charge < -0.3 is 16.0 Å². The molecule has 1 aromatic carbocycles. The fourth-order valence-corrected chi connectivity index (χ4v) is 5.07. The Kier molecular flexibility index (Phi) is 5.57. The maximum atomic E-state index is 13.5. The number of carbonyl (C=O) groups is 1. The summed E-state index contributed by atoms with van der Waals surface area (Å²) in [5, 5.41) is 2.66. The highest BCUT2D eigenvalue weighted by Crippen LogP contribution is 2.55. The van der Waals surface area contributed by atoms with Crippen molar-refractivity contribution in [2.45, 2.75) is 51.4 Å². The number of benzene rings is 1. The highest BCUT2D eigenvalue weighted by atomic mass is 19.1. The van der Waals surface area contributed by atoms with Crippen molar-refractivity contribution in [2.24, 2.45) is 5.41 Å². The number of piperidine rings is 1. The molecule has 0 saturated carbocycles. The lowest BCUT2D eigenvalue weighted by atomic mass is 9.62. The Balaban J connectivity index is 1.42. The normalized spacial score (nSPS) is 26.2. The van der Waals surface area contributed by atoms with Crippen LogP contribution in [0.5, 0.6) is 0 Å². The minimum Gasteiger partial charge on any atom is -0.399 e. The third-order valence-electron chi connectivity index (χ3n) is 6.68. The number of alkyl halides is 1. The molecule has 30 heavy (non-hydrogen) atoms. The summed E-state index contributed by atoms with van der Waals surface area (Å²) in [5.74, 6) is -0.549. The number of halogens is 2. The average Bonchev–Trinajstić information content (AvgIpc) is 2.67. The SMILES string of the molecule is CC(C)N1CC2(CCN(C(=O)NC3=CC(F)CC(F)=C3)CC2)C1c1ccc(N)cc1. The number of allylic oxidation sites excluding steroid dienone is 3. The van der Waals surface area contributed by atoms with E-state index in [0.717, 1.165) is 25.1 Å². The third-order valence-corrected chi connectivity index (χ3v) is 6.68. The van der Waals surface area contributed by atoms with Crippen LogP contribution in [0, 0.1) is 5.41 Å². The van der Waals surface area contributed by atoms with Gasteiger partial charge in [-0.25, -0.2) is 13.6 Å². The number of rotatable bonds is 3. The molecule has 4 rings (SSSR count). The van der Waals surface area contributed by atoms with Crippen LogP contribution in [0.2, 0.25) is 0 Å². The minimum atomic E-state index is -1.40. The molecule has 0 aromatic heterocycles. The predicted molar refractivity (Wildman–Crippen MR) is 114 cm³/mol. The second kappa shape index (κ2) is 8.02. The van der Waals surface area contributed by atoms with Crippen LogP contribution in [0.4, 0.5) is 19.3 Å². The van der Waals surface area contributed by atoms with Gasteiger partial charge in [-0.15, -0.1) is 0 Å². The molecule has 162 valence electrons. The fourth-order valence-electron chi connectivity index (χ4n) is 5.07. The van der Waals surface area contributed by atoms with Crippen LogP contribution < -0.4 is 11.1 Å². The van der Waals surface area contributed by atoms with E-state index in [4.69, 9.17) is 5.73 Å². The van der Waals surface area contributed by atoms with Gasteiger partial charge in [0.25, 0.3) is 0 Å². The zero-order chi connectivity index (χ0) is 21.5. The number of carbonyl (C=O) groups excluding carboxylic acids is 1. The number of urea groups is 1. The Bertz CT molecular complexity index is 856. The number of hydrogen-bond donors (Lipinski definition) is 2. The molecule has 3 N–H and O–H groups in total. The van der Waals surface area contributed by atoms with Crippen LogP contribution in [0.25, 0.3) is 0 Å². The Morgan fingerprint density at radius 2 is 1.90 bits per heavy atom. The first-order chi connectivity index (χ1) is 14.3. The minimum absolute atomic E-state index is 0.136. The topological polar surface area (TPSA) is 61.6 Å². The summed E-state index contributed by atoms with van der Waals surface area (Å²) in [6.45, 7) is 6.69. The van der Waals surface area contributed by atoms with Gasteiger partial charge >= 0.3 is 6.03 Å². The second-order valence-corrected chi connectivity index (χ2v) is 9.05. The van der Waals surface area contributed by atoms with Crippen LogP contribution in [-0.4, -0.2) is 47.7 Å². The number of hydrogen-bond acceptors (Lipinski definition) is 3. The van der Waals surface area contributed by atoms with E-state index in [1.54, 1.807) is 4.90 Å². The molecule has 2 heterocycles. The van der Waals surface area contributed by atoms with Crippen molar-refractivity contribution in [3.05, 3.63) is 53.5 Å². The molecule has 2 atom stereocenters. The van der Waals surface area contributed by atoms with Gasteiger partial charge in [0.1, 0.15) is 12.0 Å². The Labute approximate surface area is 176 Å². The van der Waals surface area contributed by atoms with Gasteiger partial charge in [0.15, 0.2) is 0 Å². The summed E-state index contributed by atoms with van der Waals surface area (Å²) in [6.07, 6.45) is 2.60. The van der Waals surface area contributed by atoms with Crippen LogP contribution in [0.15, 0.2) is 47.9 Å². The van der Waals surface area contributed by atoms with E-state index in [0.29, 0.717) is 25.2 Å². The van der Waals surface area contributed by atoms with Gasteiger partial charge in [-0.2, -0.15) is 0 Å². The first kappa shape index (κ1) is 20.8. The molecule has 3 aliphatic rings. The van der Waals surface area contributed by atoms with Crippen LogP contribution in [0.3, 0.4) is 0 Å². The van der Waals surface area contributed by atoms with Gasteiger partial charge in [-0.1, -0.05) is 12.1 Å². The van der Waals surface area contributed by atoms with Gasteiger partial charge in [-0.05, 0) is 56.5 Å². The monoisotopic (exact) mass is 416 g/mol. The number of nitrogens with two attached hydrogens (primary N) is 1. The highest BCUT2D eigenvalue weighted by molar-refractivity contribution is 5.77. The summed E-state index contributed by atoms with van der Waals surface area (Å²) < 4.78 is 27.0. The molecule has 1 aromatic rings. The summed E-state index contributed by atoms with van der Waals surface area (Å²) in [4.78, 5) is 16.9. The van der Waals surface area contributed by atoms with E-state index in [1.165, 1.54) is 17.7 Å². The van der Waals surface area contributed by atoms with Crippen molar-refractivity contribution >= 4 is 11.7 Å². The number of anilines is 1. The van der Waals surface area contributed by atoms with E-state index in [2.05, 4.69) is 36.2 Å². The molecule has 5 nitrogen and oxygen atoms in total. The van der Waals surface area contributed by atoms with E-state index in [9.17, 15) is 13.6 Å². The van der Waals surface area contributed by atoms with Crippen molar-refractivity contribution in [3.63, 3.8) is 0 Å². The predicted octanol–water partition coefficient (Wildman–Crippen LogP) is 4.30. The highest BCUT2D eigenvalue weighted by Gasteiger charge is 2.54. The van der Waals surface area contributed by atoms with Crippen LogP contribution in [0.1, 0.15) is 44.7 Å². The number of nitrogens with one attached hydrogen (secondary N) is 1. The summed E-state index contributed by atoms with van der Waals surface area (Å²) >= 11 is 0. The lowest BCUT2D eigenvalue weighted by Gasteiger charge is -2.62. The van der Waals surface area contributed by atoms with Crippen LogP contribution >= 0.6 is 0 Å². The van der Waals surface area contributed by atoms with Crippen molar-refractivity contribution in [3.8, 4) is 0 Å². The van der Waals surface area contributed by atoms with Crippen molar-refractivity contribution in [2.75, 3.05) is 25.4 Å². The number of nitrogen functional groups attached to an aromatic ring is 1. The summed E-state index contributed by atoms with van der Waals surface area (Å²) in [6, 6.07) is 8.58. The van der Waals surface area contributed by atoms with E-state index < -0.39 is 12.0 Å². The van der Waals surface area contributed by atoms with Gasteiger partial charge in [0.05, 0.1) is 0 Å². The van der Waals surface area contributed by atoms with E-state index >= 15 is 0 Å². The molecule has 2 fully saturated rings. The zero-order valence-corrected chi connectivity index (χ0v) is 17.6. The van der Waals surface area contributed by atoms with E-state index in [1.807, 2.05) is 12.1 Å². The fraction of sp³-hybridized carbons (Fsp3) is 0.522. The van der Waals surface area contributed by atoms with Crippen LogP contribution in [-0.2, 0) is 0 Å². The smallest absolute Gasteiger partial charge is 0.321 e. The molecular weight excluding hydrogens is 386 g/mol. The molecule has 2 unspecified atom stereocenters. The molecular formula is C23H30F2N4O. The van der Waals surface area contributed by atoms with Crippen molar-refractivity contribution in [1.82, 2.24) is 15.1 Å². The number of likely N-dealkylation sites (tertiary alicyclic amines) is 2. The number of amides is 2. The first-order valence-corrected chi connectivity index (χ1v) is 10.7. The molecule has 1 spiro atoms. The molecule has 1 aliphatic carbocycles. The Hall–Kier alpha value is -2.41. The lowest BCUT2D eigenvalue weighted by molar-refractivity contribution is -0.123. The quantitative estimate of drug-likeness (QED) is 0.722. The summed E-state index contributed by atoms with van der Waals surface area (Å²) in [7, 11) is 0. The molecule has 0 bridgehead atoms. The van der Waals surface area contributed by atoms with Crippen molar-refractivity contribution in [1.29, 1.82) is 0 Å². The van der Waals surface area contributed by atoms with Gasteiger partial charge in [0.2, 0.25) is 0 Å². The maximum Gasteiger partial charge on any atom is 0.321 e. The molecule has 2 aliphatic heterocycles. The molecule has 2 saturated heterocycles. The van der Waals surface area contributed by atoms with Crippen molar-refractivity contribution < 1.29 is 13.6 Å². The Morgan fingerprint density at radius 1 is 1.23 bits per heavy atom. The average molecular weight is 417 g/mol. The lowest BCUT2D eigenvalue weighted by Crippen LogP contribution is -2.64. The zero-order valence-electron chi connectivity index (χ0n) is 17.6. The third kappa shape index (κ3) is 3.95. The Morgan fingerprint density at radius 3 is 2.50 bits per heavy atom. The largest absolute Gasteiger partial charge is 0.399 e. The summed E-state index contributed by atoms with van der Waals surface area (Å²) in [5.41, 5.74) is 8.24. The molecule has 0 radical (unpaired) electrons. The van der Waals surface area contributed by atoms with Gasteiger partial charge in [-0.3, -0.25) is 4.90 Å². The standard InChI is InChI=1S/C23H30F2N4O/c1-15(2)29-14-23(21(29)16-3-5-19(26)6-4-16)7-9-28(10-8-23)22(30)27-20-12-17(24)11-18(25)13-20/h3-6,12-13,15,17,21H,7-11,14,26H2,1-2H3,(H,27,30). The second-order valence-electron chi connectivity index (χ2n) is 9.05. The first-order valence-electron chi connectivity index (χ1n) is 10.7. The molecule has 2 amide bonds. The number of nitrogens with zero attached hydrogens (tertiary/aromatic N) is 2.